The van der Waals surface area contributed by atoms with Crippen LogP contribution in [0.15, 0.2) is 65.3 Å². The smallest absolute Gasteiger partial charge is 0.336 e. The maximum atomic E-state index is 12.9. The van der Waals surface area contributed by atoms with Crippen LogP contribution in [0.5, 0.6) is 0 Å². The van der Waals surface area contributed by atoms with Crippen molar-refractivity contribution >= 4 is 34.3 Å². The molecule has 0 bridgehead atoms. The molecule has 0 fully saturated rings. The van der Waals surface area contributed by atoms with Gasteiger partial charge in [0.05, 0.1) is 11.8 Å². The van der Waals surface area contributed by atoms with Crippen molar-refractivity contribution in [3.8, 4) is 10.4 Å². The van der Waals surface area contributed by atoms with Gasteiger partial charge in [-0.05, 0) is 41.6 Å². The van der Waals surface area contributed by atoms with Gasteiger partial charge in [0.1, 0.15) is 6.04 Å². The summed E-state index contributed by atoms with van der Waals surface area (Å²) in [6.07, 6.45) is 4.09. The molecule has 5 rings (SSSR count). The largest absolute Gasteiger partial charge is 0.458 e. The highest BCUT2D eigenvalue weighted by atomic mass is 32.1. The molecule has 3 heterocycles. The van der Waals surface area contributed by atoms with Crippen LogP contribution in [-0.4, -0.2) is 31.1 Å². The second-order valence-electron chi connectivity index (χ2n) is 7.02. The zero-order chi connectivity index (χ0) is 19.4. The number of carbonyl (C=O) groups excluding carboxylic acids is 2. The fraction of sp³-hybridized carbons (Fsp3) is 0.182. The molecule has 2 aliphatic heterocycles. The van der Waals surface area contributed by atoms with Gasteiger partial charge in [0.2, 0.25) is 0 Å². The Morgan fingerprint density at radius 3 is 2.82 bits per heavy atom. The van der Waals surface area contributed by atoms with E-state index in [1.54, 1.807) is 24.3 Å². The number of benzene rings is 1. The first-order valence-electron chi connectivity index (χ1n) is 8.95. The van der Waals surface area contributed by atoms with Gasteiger partial charge in [0.15, 0.2) is 5.78 Å². The summed E-state index contributed by atoms with van der Waals surface area (Å²) in [6.45, 7) is 1.67. The van der Waals surface area contributed by atoms with Crippen LogP contribution in [0, 0.1) is 0 Å². The topological polar surface area (TPSA) is 55.8 Å². The van der Waals surface area contributed by atoms with Crippen LogP contribution in [0.2, 0.25) is 0 Å². The van der Waals surface area contributed by atoms with Crippen molar-refractivity contribution < 1.29 is 19.1 Å². The van der Waals surface area contributed by atoms with Crippen LogP contribution < -0.4 is 4.90 Å². The Labute approximate surface area is 166 Å². The first-order chi connectivity index (χ1) is 13.5. The van der Waals surface area contributed by atoms with Crippen molar-refractivity contribution in [3.05, 3.63) is 70.8 Å². The molecule has 2 aromatic rings. The molecule has 6 heteroatoms. The summed E-state index contributed by atoms with van der Waals surface area (Å²) >= 11 is 1.70. The number of likely N-dealkylation sites (N-methyl/N-ethyl adjacent to an activating group) is 1. The highest BCUT2D eigenvalue weighted by Gasteiger charge is 2.42. The van der Waals surface area contributed by atoms with E-state index in [0.29, 0.717) is 11.1 Å². The molecule has 28 heavy (non-hydrogen) atoms. The minimum absolute atomic E-state index is 0.0172. The van der Waals surface area contributed by atoms with Crippen LogP contribution in [0.4, 0.5) is 5.69 Å². The van der Waals surface area contributed by atoms with Gasteiger partial charge in [-0.25, -0.2) is 4.79 Å². The molecule has 3 aliphatic rings. The molecule has 0 saturated carbocycles. The Bertz CT molecular complexity index is 1090. The molecule has 0 N–H and O–H groups in total. The molecule has 140 valence electrons. The summed E-state index contributed by atoms with van der Waals surface area (Å²) in [5, 5.41) is 2.06. The van der Waals surface area contributed by atoms with Crippen molar-refractivity contribution in [2.75, 3.05) is 11.9 Å². The second kappa shape index (κ2) is 6.21. The number of hydrogen-bond acceptors (Lipinski definition) is 6. The number of allylic oxidation sites excluding steroid dienone is 1. The summed E-state index contributed by atoms with van der Waals surface area (Å²) in [5.74, 6) is -0.414. The van der Waals surface area contributed by atoms with Crippen LogP contribution >= 0.6 is 11.3 Å². The van der Waals surface area contributed by atoms with Gasteiger partial charge in [-0.1, -0.05) is 18.2 Å². The van der Waals surface area contributed by atoms with Crippen molar-refractivity contribution in [2.24, 2.45) is 0 Å². The maximum Gasteiger partial charge on any atom is 0.336 e. The van der Waals surface area contributed by atoms with E-state index >= 15 is 0 Å². The number of cyclic esters (lactones) is 1. The first-order valence-corrected chi connectivity index (χ1v) is 9.83. The average Bonchev–Trinajstić information content (AvgIpc) is 3.43. The molecule has 1 aromatic heterocycles. The summed E-state index contributed by atoms with van der Waals surface area (Å²) < 4.78 is 10.5. The molecule has 0 spiro atoms. The first kappa shape index (κ1) is 17.0. The van der Waals surface area contributed by atoms with Crippen molar-refractivity contribution in [2.45, 2.75) is 19.3 Å². The molecule has 5 nitrogen and oxygen atoms in total. The zero-order valence-corrected chi connectivity index (χ0v) is 16.2. The zero-order valence-electron chi connectivity index (χ0n) is 15.3. The van der Waals surface area contributed by atoms with Crippen LogP contribution in [0.3, 0.4) is 0 Å². The van der Waals surface area contributed by atoms with Gasteiger partial charge >= 0.3 is 5.97 Å². The lowest BCUT2D eigenvalue weighted by Crippen LogP contribution is -2.32. The van der Waals surface area contributed by atoms with E-state index in [9.17, 15) is 9.59 Å². The Morgan fingerprint density at radius 2 is 2.11 bits per heavy atom. The molecule has 0 radical (unpaired) electrons. The Balaban J connectivity index is 1.45. The summed E-state index contributed by atoms with van der Waals surface area (Å²) in [7, 11) is 1.94. The number of ketones is 1. The Hall–Kier alpha value is -3.12. The monoisotopic (exact) mass is 391 g/mol. The van der Waals surface area contributed by atoms with Gasteiger partial charge < -0.3 is 14.4 Å². The number of Topliss-reactive ketones (excluding diaryl/α,β-unsaturated/α-hetero) is 1. The number of esters is 1. The number of nitrogens with zero attached hydrogens (tertiary/aromatic N) is 1. The van der Waals surface area contributed by atoms with Crippen LogP contribution in [0.25, 0.3) is 16.0 Å². The third-order valence-electron chi connectivity index (χ3n) is 5.28. The van der Waals surface area contributed by atoms with Gasteiger partial charge in [0.25, 0.3) is 6.29 Å². The quantitative estimate of drug-likeness (QED) is 0.451. The third kappa shape index (κ3) is 2.52. The van der Waals surface area contributed by atoms with E-state index in [1.807, 2.05) is 24.1 Å². The summed E-state index contributed by atoms with van der Waals surface area (Å²) in [6, 6.07) is 10.1. The SMILES string of the molecule is CC1=CC(O/C=C2\C=C3c4ccc(-c5cccs5)cc4N(C)C3C2=O)OC1=O. The summed E-state index contributed by atoms with van der Waals surface area (Å²) in [4.78, 5) is 27.6. The normalized spacial score (nSPS) is 24.2. The van der Waals surface area contributed by atoms with E-state index in [2.05, 4.69) is 29.6 Å². The van der Waals surface area contributed by atoms with E-state index < -0.39 is 12.3 Å². The van der Waals surface area contributed by atoms with E-state index in [1.165, 1.54) is 11.1 Å². The molecular formula is C22H17NO4S. The van der Waals surface area contributed by atoms with Crippen LogP contribution in [0.1, 0.15) is 12.5 Å². The van der Waals surface area contributed by atoms with Crippen LogP contribution in [-0.2, 0) is 19.1 Å². The Kier molecular flexibility index (Phi) is 3.77. The molecule has 1 aliphatic carbocycles. The van der Waals surface area contributed by atoms with E-state index in [-0.39, 0.29) is 11.8 Å². The minimum atomic E-state index is -0.773. The second-order valence-corrected chi connectivity index (χ2v) is 7.97. The van der Waals surface area contributed by atoms with E-state index in [0.717, 1.165) is 22.4 Å². The number of ether oxygens (including phenoxy) is 2. The number of fused-ring (bicyclic) bond motifs is 3. The number of carbonyl (C=O) groups is 2. The lowest BCUT2D eigenvalue weighted by atomic mass is 10.0. The van der Waals surface area contributed by atoms with Crippen molar-refractivity contribution in [1.82, 2.24) is 0 Å². The third-order valence-corrected chi connectivity index (χ3v) is 6.20. The molecule has 1 aromatic carbocycles. The van der Waals surface area contributed by atoms with Crippen molar-refractivity contribution in [1.29, 1.82) is 0 Å². The highest BCUT2D eigenvalue weighted by Crippen LogP contribution is 2.46. The predicted octanol–water partition coefficient (Wildman–Crippen LogP) is 3.93. The summed E-state index contributed by atoms with van der Waals surface area (Å²) in [5.41, 5.74) is 5.23. The van der Waals surface area contributed by atoms with Gasteiger partial charge in [0, 0.05) is 34.8 Å². The average molecular weight is 391 g/mol. The number of rotatable bonds is 3. The van der Waals surface area contributed by atoms with Gasteiger partial charge in [-0.15, -0.1) is 11.3 Å². The molecule has 2 unspecified atom stereocenters. The number of anilines is 1. The maximum absolute atomic E-state index is 12.9. The molecular weight excluding hydrogens is 374 g/mol. The molecule has 2 atom stereocenters. The molecule has 0 amide bonds. The van der Waals surface area contributed by atoms with E-state index in [4.69, 9.17) is 9.47 Å². The lowest BCUT2D eigenvalue weighted by Gasteiger charge is -2.19. The van der Waals surface area contributed by atoms with Gasteiger partial charge in [-0.2, -0.15) is 0 Å². The minimum Gasteiger partial charge on any atom is -0.458 e. The Morgan fingerprint density at radius 1 is 1.25 bits per heavy atom. The molecule has 0 saturated heterocycles. The standard InChI is InChI=1S/C22H17NO4S/c1-12-8-19(27-22(12)25)26-11-14-9-16-15-6-5-13(18-4-3-7-28-18)10-17(15)23(2)20(16)21(14)24/h3-11,19-20H,1-2H3/b14-11+. The van der Waals surface area contributed by atoms with Crippen molar-refractivity contribution in [3.63, 3.8) is 0 Å². The number of hydrogen-bond donors (Lipinski definition) is 0. The fourth-order valence-electron chi connectivity index (χ4n) is 3.83. The highest BCUT2D eigenvalue weighted by molar-refractivity contribution is 7.13. The van der Waals surface area contributed by atoms with Gasteiger partial charge in [-0.3, -0.25) is 4.79 Å². The number of thiophene rings is 1. The predicted molar refractivity (Wildman–Crippen MR) is 108 cm³/mol. The fourth-order valence-corrected chi connectivity index (χ4v) is 4.56. The lowest BCUT2D eigenvalue weighted by molar-refractivity contribution is -0.152.